The summed E-state index contributed by atoms with van der Waals surface area (Å²) in [5, 5.41) is 3.15. The van der Waals surface area contributed by atoms with Crippen molar-refractivity contribution in [1.29, 1.82) is 0 Å². The van der Waals surface area contributed by atoms with Gasteiger partial charge >= 0.3 is 0 Å². The van der Waals surface area contributed by atoms with E-state index in [1.807, 2.05) is 0 Å². The van der Waals surface area contributed by atoms with Crippen LogP contribution >= 0.6 is 11.6 Å². The highest BCUT2D eigenvalue weighted by molar-refractivity contribution is 7.89. The lowest BCUT2D eigenvalue weighted by molar-refractivity contribution is 0.103. The Hall–Kier alpha value is -0.730. The Morgan fingerprint density at radius 2 is 2.21 bits per heavy atom. The number of benzene rings is 1. The minimum absolute atomic E-state index is 0.147. The van der Waals surface area contributed by atoms with Crippen molar-refractivity contribution in [1.82, 2.24) is 10.0 Å². The zero-order chi connectivity index (χ0) is 14.0. The summed E-state index contributed by atoms with van der Waals surface area (Å²) in [4.78, 5) is -0.418. The molecule has 1 aromatic carbocycles. The topological polar surface area (TPSA) is 67.4 Å². The van der Waals surface area contributed by atoms with Gasteiger partial charge in [-0.1, -0.05) is 11.6 Å². The zero-order valence-electron chi connectivity index (χ0n) is 10.2. The molecule has 1 aliphatic rings. The summed E-state index contributed by atoms with van der Waals surface area (Å²) in [7, 11) is -2.44. The number of methoxy groups -OCH3 is 1. The number of hydrogen-bond donors (Lipinski definition) is 2. The fourth-order valence-corrected chi connectivity index (χ4v) is 3.46. The maximum atomic E-state index is 13.6. The molecule has 19 heavy (non-hydrogen) atoms. The van der Waals surface area contributed by atoms with Crippen LogP contribution in [0.2, 0.25) is 5.02 Å². The molecule has 8 heteroatoms. The average molecular weight is 309 g/mol. The third-order valence-electron chi connectivity index (χ3n) is 2.95. The van der Waals surface area contributed by atoms with Crippen molar-refractivity contribution >= 4 is 21.6 Å². The standard InChI is InChI=1S/C11H14ClFN2O3S/c1-18-10-6-14-5-9(10)15-19(16,17)11-3-2-7(12)4-8(11)13/h2-4,9-10,14-15H,5-6H2,1H3/t9?,10-/m0/s1. The Balaban J connectivity index is 2.23. The van der Waals surface area contributed by atoms with Gasteiger partial charge in [0, 0.05) is 25.2 Å². The molecule has 5 nitrogen and oxygen atoms in total. The van der Waals surface area contributed by atoms with Crippen LogP contribution in [0.4, 0.5) is 4.39 Å². The minimum Gasteiger partial charge on any atom is -0.378 e. The lowest BCUT2D eigenvalue weighted by atomic mass is 10.2. The van der Waals surface area contributed by atoms with E-state index in [4.69, 9.17) is 16.3 Å². The van der Waals surface area contributed by atoms with Crippen LogP contribution in [-0.4, -0.2) is 40.8 Å². The summed E-state index contributed by atoms with van der Waals surface area (Å²) in [5.41, 5.74) is 0. The van der Waals surface area contributed by atoms with Crippen molar-refractivity contribution in [3.63, 3.8) is 0 Å². The second-order valence-corrected chi connectivity index (χ2v) is 6.35. The monoisotopic (exact) mass is 308 g/mol. The highest BCUT2D eigenvalue weighted by Gasteiger charge is 2.32. The Bertz CT molecular complexity index is 567. The molecule has 0 aliphatic carbocycles. The lowest BCUT2D eigenvalue weighted by Crippen LogP contribution is -2.43. The van der Waals surface area contributed by atoms with Gasteiger partial charge in [-0.05, 0) is 18.2 Å². The first-order valence-electron chi connectivity index (χ1n) is 5.65. The van der Waals surface area contributed by atoms with Crippen LogP contribution in [0.3, 0.4) is 0 Å². The third-order valence-corrected chi connectivity index (χ3v) is 4.71. The van der Waals surface area contributed by atoms with Gasteiger partial charge in [0.05, 0.1) is 12.1 Å². The molecule has 2 rings (SSSR count). The van der Waals surface area contributed by atoms with Crippen molar-refractivity contribution in [3.05, 3.63) is 29.0 Å². The molecule has 0 bridgehead atoms. The van der Waals surface area contributed by atoms with E-state index >= 15 is 0 Å². The highest BCUT2D eigenvalue weighted by atomic mass is 35.5. The molecule has 1 fully saturated rings. The van der Waals surface area contributed by atoms with Gasteiger partial charge in [0.15, 0.2) is 0 Å². The summed E-state index contributed by atoms with van der Waals surface area (Å²) in [6.07, 6.45) is -0.273. The molecule has 0 radical (unpaired) electrons. The van der Waals surface area contributed by atoms with Gasteiger partial charge in [-0.15, -0.1) is 0 Å². The average Bonchev–Trinajstić information content (AvgIpc) is 2.74. The molecule has 2 N–H and O–H groups in total. The van der Waals surface area contributed by atoms with Gasteiger partial charge < -0.3 is 10.1 Å². The second-order valence-electron chi connectivity index (χ2n) is 4.23. The van der Waals surface area contributed by atoms with Gasteiger partial charge in [0.25, 0.3) is 0 Å². The summed E-state index contributed by atoms with van der Waals surface area (Å²) in [6.45, 7) is 0.986. The third kappa shape index (κ3) is 3.24. The van der Waals surface area contributed by atoms with E-state index in [0.29, 0.717) is 13.1 Å². The van der Waals surface area contributed by atoms with E-state index in [1.54, 1.807) is 0 Å². The van der Waals surface area contributed by atoms with Gasteiger partial charge in [0.1, 0.15) is 10.7 Å². The number of ether oxygens (including phenoxy) is 1. The molecule has 2 atom stereocenters. The molecule has 1 aromatic rings. The van der Waals surface area contributed by atoms with Crippen molar-refractivity contribution in [3.8, 4) is 0 Å². The van der Waals surface area contributed by atoms with E-state index in [0.717, 1.165) is 12.1 Å². The van der Waals surface area contributed by atoms with Gasteiger partial charge in [-0.3, -0.25) is 0 Å². The smallest absolute Gasteiger partial charge is 0.243 e. The van der Waals surface area contributed by atoms with Crippen LogP contribution in [-0.2, 0) is 14.8 Å². The van der Waals surface area contributed by atoms with Crippen LogP contribution in [0.5, 0.6) is 0 Å². The Morgan fingerprint density at radius 1 is 1.47 bits per heavy atom. The number of hydrogen-bond acceptors (Lipinski definition) is 4. The molecule has 106 valence electrons. The van der Waals surface area contributed by atoms with Crippen molar-refractivity contribution in [2.75, 3.05) is 20.2 Å². The quantitative estimate of drug-likeness (QED) is 0.861. The summed E-state index contributed by atoms with van der Waals surface area (Å²) < 4.78 is 45.4. The van der Waals surface area contributed by atoms with E-state index in [-0.39, 0.29) is 11.1 Å². The Morgan fingerprint density at radius 3 is 2.84 bits per heavy atom. The van der Waals surface area contributed by atoms with E-state index in [2.05, 4.69) is 10.0 Å². The normalized spacial score (nSPS) is 23.7. The predicted octanol–water partition coefficient (Wildman–Crippen LogP) is 0.744. The molecule has 0 amide bonds. The van der Waals surface area contributed by atoms with Crippen molar-refractivity contribution in [2.24, 2.45) is 0 Å². The summed E-state index contributed by atoms with van der Waals surface area (Å²) in [5.74, 6) is -0.875. The SMILES string of the molecule is CO[C@H]1CNCC1NS(=O)(=O)c1ccc(Cl)cc1F. The van der Waals surface area contributed by atoms with Crippen molar-refractivity contribution < 1.29 is 17.5 Å². The fourth-order valence-electron chi connectivity index (χ4n) is 1.98. The van der Waals surface area contributed by atoms with Gasteiger partial charge in [0.2, 0.25) is 10.0 Å². The van der Waals surface area contributed by atoms with Gasteiger partial charge in [-0.25, -0.2) is 17.5 Å². The molecule has 1 saturated heterocycles. The molecular weight excluding hydrogens is 295 g/mol. The fraction of sp³-hybridized carbons (Fsp3) is 0.455. The van der Waals surface area contributed by atoms with Crippen LogP contribution in [0.15, 0.2) is 23.1 Å². The van der Waals surface area contributed by atoms with E-state index < -0.39 is 26.8 Å². The molecule has 1 aliphatic heterocycles. The first kappa shape index (κ1) is 14.7. The van der Waals surface area contributed by atoms with Gasteiger partial charge in [-0.2, -0.15) is 0 Å². The Kier molecular flexibility index (Phi) is 4.42. The number of nitrogens with one attached hydrogen (secondary N) is 2. The number of sulfonamides is 1. The molecule has 1 unspecified atom stereocenters. The zero-order valence-corrected chi connectivity index (χ0v) is 11.8. The maximum absolute atomic E-state index is 13.6. The molecule has 0 aromatic heterocycles. The summed E-state index contributed by atoms with van der Waals surface area (Å²) in [6, 6.07) is 3.02. The lowest BCUT2D eigenvalue weighted by Gasteiger charge is -2.18. The molecule has 0 saturated carbocycles. The first-order valence-corrected chi connectivity index (χ1v) is 7.51. The predicted molar refractivity (Wildman–Crippen MR) is 69.2 cm³/mol. The number of rotatable bonds is 4. The highest BCUT2D eigenvalue weighted by Crippen LogP contribution is 2.19. The minimum atomic E-state index is -3.94. The largest absolute Gasteiger partial charge is 0.378 e. The molecule has 0 spiro atoms. The molecule has 1 heterocycles. The first-order chi connectivity index (χ1) is 8.94. The van der Waals surface area contributed by atoms with Crippen LogP contribution in [0.1, 0.15) is 0 Å². The van der Waals surface area contributed by atoms with Crippen molar-refractivity contribution in [2.45, 2.75) is 17.0 Å². The second kappa shape index (κ2) is 5.72. The van der Waals surface area contributed by atoms with Crippen LogP contribution in [0, 0.1) is 5.82 Å². The number of halogens is 2. The Labute approximate surface area is 116 Å². The molecular formula is C11H14ClFN2O3S. The maximum Gasteiger partial charge on any atom is 0.243 e. The summed E-state index contributed by atoms with van der Waals surface area (Å²) >= 11 is 5.60. The van der Waals surface area contributed by atoms with E-state index in [1.165, 1.54) is 13.2 Å². The van der Waals surface area contributed by atoms with E-state index in [9.17, 15) is 12.8 Å². The van der Waals surface area contributed by atoms with Crippen LogP contribution < -0.4 is 10.0 Å². The van der Waals surface area contributed by atoms with Crippen LogP contribution in [0.25, 0.3) is 0 Å².